The number of nitrogens with zero attached hydrogens (tertiary/aromatic N) is 4. The van der Waals surface area contributed by atoms with Crippen LogP contribution in [0.2, 0.25) is 5.02 Å². The van der Waals surface area contributed by atoms with E-state index in [1.54, 1.807) is 7.11 Å². The van der Waals surface area contributed by atoms with Crippen molar-refractivity contribution in [3.63, 3.8) is 0 Å². The van der Waals surface area contributed by atoms with Gasteiger partial charge in [-0.1, -0.05) is 29.8 Å². The van der Waals surface area contributed by atoms with E-state index in [1.807, 2.05) is 30.1 Å². The molecule has 1 saturated carbocycles. The van der Waals surface area contributed by atoms with Gasteiger partial charge in [-0.05, 0) is 55.4 Å². The van der Waals surface area contributed by atoms with E-state index in [-0.39, 0.29) is 6.61 Å². The maximum Gasteiger partial charge on any atom is 0.140 e. The molecule has 0 amide bonds. The maximum absolute atomic E-state index is 9.38. The fourth-order valence-corrected chi connectivity index (χ4v) is 5.10. The number of fused-ring (bicyclic) bond motifs is 1. The molecule has 1 aromatic heterocycles. The molecule has 0 bridgehead atoms. The fraction of sp³-hybridized carbons (Fsp3) is 0.462. The fourth-order valence-electron chi connectivity index (χ4n) is 4.85. The summed E-state index contributed by atoms with van der Waals surface area (Å²) < 4.78 is 5.61. The highest BCUT2D eigenvalue weighted by molar-refractivity contribution is 6.35. The topological polar surface area (TPSA) is 61.7 Å². The number of ether oxygens (including phenoxy) is 1. The first kappa shape index (κ1) is 22.2. The second-order valence-electron chi connectivity index (χ2n) is 9.15. The lowest BCUT2D eigenvalue weighted by Crippen LogP contribution is -2.34. The van der Waals surface area contributed by atoms with Crippen molar-refractivity contribution in [2.75, 3.05) is 50.2 Å². The second kappa shape index (κ2) is 9.35. The number of rotatable bonds is 7. The standard InChI is InChI=1S/C26H31ClN4O2/c1-30(13-14-32)19-15-21-24(22(27)16-19)28-25(18-7-8-18)29-26(21)31-11-9-17(10-12-31)20-5-3-4-6-23(20)33-2/h3-6,15-18,32H,7-14H2,1-2H3. The van der Waals surface area contributed by atoms with Crippen LogP contribution in [0.15, 0.2) is 36.4 Å². The molecule has 33 heavy (non-hydrogen) atoms. The summed E-state index contributed by atoms with van der Waals surface area (Å²) in [5, 5.41) is 11.0. The Hall–Kier alpha value is -2.57. The number of benzene rings is 2. The van der Waals surface area contributed by atoms with Crippen LogP contribution in [-0.4, -0.2) is 55.5 Å². The van der Waals surface area contributed by atoms with Gasteiger partial charge in [0.05, 0.1) is 24.3 Å². The van der Waals surface area contributed by atoms with Gasteiger partial charge in [-0.2, -0.15) is 0 Å². The summed E-state index contributed by atoms with van der Waals surface area (Å²) in [5.74, 6) is 3.81. The minimum absolute atomic E-state index is 0.0899. The minimum atomic E-state index is 0.0899. The van der Waals surface area contributed by atoms with Gasteiger partial charge in [0.2, 0.25) is 0 Å². The molecule has 1 aliphatic heterocycles. The van der Waals surface area contributed by atoms with Gasteiger partial charge < -0.3 is 19.6 Å². The Balaban J connectivity index is 1.49. The largest absolute Gasteiger partial charge is 0.496 e. The van der Waals surface area contributed by atoms with Crippen molar-refractivity contribution in [1.29, 1.82) is 0 Å². The molecule has 2 aromatic carbocycles. The summed E-state index contributed by atoms with van der Waals surface area (Å²) in [4.78, 5) is 14.3. The molecule has 1 aliphatic carbocycles. The Morgan fingerprint density at radius 2 is 1.85 bits per heavy atom. The van der Waals surface area contributed by atoms with Crippen molar-refractivity contribution in [1.82, 2.24) is 9.97 Å². The summed E-state index contributed by atoms with van der Waals surface area (Å²) in [6.45, 7) is 2.48. The Labute approximate surface area is 200 Å². The number of aliphatic hydroxyl groups excluding tert-OH is 1. The van der Waals surface area contributed by atoms with E-state index in [9.17, 15) is 5.11 Å². The lowest BCUT2D eigenvalue weighted by atomic mass is 9.88. The predicted molar refractivity (Wildman–Crippen MR) is 134 cm³/mol. The number of anilines is 2. The number of aromatic nitrogens is 2. The lowest BCUT2D eigenvalue weighted by Gasteiger charge is -2.34. The normalized spacial score (nSPS) is 16.9. The molecule has 174 valence electrons. The molecule has 0 radical (unpaired) electrons. The van der Waals surface area contributed by atoms with E-state index >= 15 is 0 Å². The summed E-state index contributed by atoms with van der Waals surface area (Å²) in [7, 11) is 3.71. The smallest absolute Gasteiger partial charge is 0.140 e. The second-order valence-corrected chi connectivity index (χ2v) is 9.56. The molecule has 1 saturated heterocycles. The van der Waals surface area contributed by atoms with Crippen LogP contribution in [0, 0.1) is 0 Å². The zero-order valence-corrected chi connectivity index (χ0v) is 20.1. The van der Waals surface area contributed by atoms with E-state index in [4.69, 9.17) is 26.3 Å². The number of piperidine rings is 1. The first-order valence-electron chi connectivity index (χ1n) is 11.8. The number of hydrogen-bond acceptors (Lipinski definition) is 6. The number of hydrogen-bond donors (Lipinski definition) is 1. The van der Waals surface area contributed by atoms with Gasteiger partial charge in [0.1, 0.15) is 17.4 Å². The minimum Gasteiger partial charge on any atom is -0.496 e. The van der Waals surface area contributed by atoms with Crippen LogP contribution in [0.1, 0.15) is 48.9 Å². The van der Waals surface area contributed by atoms with Crippen LogP contribution in [0.4, 0.5) is 11.5 Å². The third-order valence-electron chi connectivity index (χ3n) is 6.93. The zero-order valence-electron chi connectivity index (χ0n) is 19.3. The summed E-state index contributed by atoms with van der Waals surface area (Å²) in [5.41, 5.74) is 3.09. The number of likely N-dealkylation sites (N-methyl/N-ethyl adjacent to an activating group) is 1. The van der Waals surface area contributed by atoms with E-state index in [1.165, 1.54) is 5.56 Å². The number of aliphatic hydroxyl groups is 1. The van der Waals surface area contributed by atoms with Crippen LogP contribution >= 0.6 is 11.6 Å². The lowest BCUT2D eigenvalue weighted by molar-refractivity contribution is 0.304. The average molecular weight is 467 g/mol. The molecule has 1 N–H and O–H groups in total. The van der Waals surface area contributed by atoms with Crippen LogP contribution in [0.25, 0.3) is 10.9 Å². The highest BCUT2D eigenvalue weighted by Crippen LogP contribution is 2.43. The first-order valence-corrected chi connectivity index (χ1v) is 12.2. The molecule has 2 heterocycles. The van der Waals surface area contributed by atoms with Crippen LogP contribution in [0.5, 0.6) is 5.75 Å². The number of para-hydroxylation sites is 1. The van der Waals surface area contributed by atoms with E-state index in [2.05, 4.69) is 23.1 Å². The summed E-state index contributed by atoms with van der Waals surface area (Å²) >= 11 is 6.74. The highest BCUT2D eigenvalue weighted by Gasteiger charge is 2.30. The molecule has 5 rings (SSSR count). The maximum atomic E-state index is 9.38. The monoisotopic (exact) mass is 466 g/mol. The van der Waals surface area contributed by atoms with Gasteiger partial charge in [0.25, 0.3) is 0 Å². The summed E-state index contributed by atoms with van der Waals surface area (Å²) in [6, 6.07) is 12.4. The highest BCUT2D eigenvalue weighted by atomic mass is 35.5. The van der Waals surface area contributed by atoms with Crippen molar-refractivity contribution in [3.05, 3.63) is 52.8 Å². The van der Waals surface area contributed by atoms with Crippen molar-refractivity contribution in [3.8, 4) is 5.75 Å². The van der Waals surface area contributed by atoms with Crippen LogP contribution < -0.4 is 14.5 Å². The molecule has 0 atom stereocenters. The van der Waals surface area contributed by atoms with Gasteiger partial charge in [-0.15, -0.1) is 0 Å². The molecule has 0 spiro atoms. The molecular formula is C26H31ClN4O2. The summed E-state index contributed by atoms with van der Waals surface area (Å²) in [6.07, 6.45) is 4.39. The molecule has 3 aromatic rings. The van der Waals surface area contributed by atoms with E-state index in [0.29, 0.717) is 23.4 Å². The molecule has 0 unspecified atom stereocenters. The third-order valence-corrected chi connectivity index (χ3v) is 7.22. The Morgan fingerprint density at radius 1 is 1.09 bits per heavy atom. The molecule has 7 heteroatoms. The van der Waals surface area contributed by atoms with Crippen molar-refractivity contribution >= 4 is 34.0 Å². The molecule has 6 nitrogen and oxygen atoms in total. The Kier molecular flexibility index (Phi) is 6.30. The van der Waals surface area contributed by atoms with E-state index < -0.39 is 0 Å². The van der Waals surface area contributed by atoms with Gasteiger partial charge >= 0.3 is 0 Å². The van der Waals surface area contributed by atoms with Gasteiger partial charge in [-0.3, -0.25) is 0 Å². The molecule has 2 aliphatic rings. The predicted octanol–water partition coefficient (Wildman–Crippen LogP) is 4.98. The zero-order chi connectivity index (χ0) is 22.9. The van der Waals surface area contributed by atoms with Crippen LogP contribution in [0.3, 0.4) is 0 Å². The Bertz CT molecular complexity index is 1140. The van der Waals surface area contributed by atoms with E-state index in [0.717, 1.165) is 72.8 Å². The van der Waals surface area contributed by atoms with Gasteiger partial charge in [-0.25, -0.2) is 9.97 Å². The van der Waals surface area contributed by atoms with Gasteiger partial charge in [0.15, 0.2) is 0 Å². The number of methoxy groups -OCH3 is 1. The van der Waals surface area contributed by atoms with Gasteiger partial charge in [0, 0.05) is 43.7 Å². The first-order chi connectivity index (χ1) is 16.1. The third kappa shape index (κ3) is 4.46. The van der Waals surface area contributed by atoms with Crippen molar-refractivity contribution in [2.45, 2.75) is 37.5 Å². The van der Waals surface area contributed by atoms with Crippen molar-refractivity contribution in [2.24, 2.45) is 0 Å². The quantitative estimate of drug-likeness (QED) is 0.529. The number of halogens is 1. The molecule has 2 fully saturated rings. The van der Waals surface area contributed by atoms with Crippen molar-refractivity contribution < 1.29 is 9.84 Å². The SMILES string of the molecule is COc1ccccc1C1CCN(c2nc(C3CC3)nc3c(Cl)cc(N(C)CCO)cc23)CC1. The average Bonchev–Trinajstić information content (AvgIpc) is 3.69. The molecular weight excluding hydrogens is 436 g/mol. The Morgan fingerprint density at radius 3 is 2.55 bits per heavy atom. The van der Waals surface area contributed by atoms with Crippen LogP contribution in [-0.2, 0) is 0 Å².